The predicted octanol–water partition coefficient (Wildman–Crippen LogP) is 3.06. The summed E-state index contributed by atoms with van der Waals surface area (Å²) in [7, 11) is 0. The largest absolute Gasteiger partial charge is 0.481 e. The third kappa shape index (κ3) is 2.12. The summed E-state index contributed by atoms with van der Waals surface area (Å²) < 4.78 is 13.4. The zero-order valence-electron chi connectivity index (χ0n) is 7.91. The van der Waals surface area contributed by atoms with E-state index in [0.717, 1.165) is 12.8 Å². The Labute approximate surface area is 91.7 Å². The van der Waals surface area contributed by atoms with Crippen LogP contribution in [0.15, 0.2) is 18.2 Å². The second-order valence-electron chi connectivity index (χ2n) is 3.82. The molecule has 0 saturated heterocycles. The monoisotopic (exact) mass is 228 g/mol. The maximum atomic E-state index is 13.4. The van der Waals surface area contributed by atoms with E-state index in [9.17, 15) is 9.18 Å². The lowest BCUT2D eigenvalue weighted by Crippen LogP contribution is -2.15. The molecule has 80 valence electrons. The maximum absolute atomic E-state index is 13.4. The van der Waals surface area contributed by atoms with Crippen LogP contribution in [0.2, 0.25) is 5.02 Å². The lowest BCUT2D eigenvalue weighted by molar-refractivity contribution is -0.139. The van der Waals surface area contributed by atoms with Gasteiger partial charge in [-0.05, 0) is 37.0 Å². The number of hydrogen-bond donors (Lipinski definition) is 1. The zero-order valence-corrected chi connectivity index (χ0v) is 8.67. The van der Waals surface area contributed by atoms with Gasteiger partial charge in [0.15, 0.2) is 0 Å². The van der Waals surface area contributed by atoms with Gasteiger partial charge >= 0.3 is 5.97 Å². The first kappa shape index (κ1) is 10.4. The Hall–Kier alpha value is -1.09. The second kappa shape index (κ2) is 3.81. The molecular weight excluding hydrogens is 219 g/mol. The van der Waals surface area contributed by atoms with E-state index in [4.69, 9.17) is 16.7 Å². The number of carbonyl (C=O) groups is 1. The van der Waals surface area contributed by atoms with Gasteiger partial charge in [-0.15, -0.1) is 0 Å². The summed E-state index contributed by atoms with van der Waals surface area (Å²) in [6.07, 6.45) is 1.70. The smallest absolute Gasteiger partial charge is 0.311 e. The Morgan fingerprint density at radius 2 is 2.20 bits per heavy atom. The summed E-state index contributed by atoms with van der Waals surface area (Å²) in [5.74, 6) is -2.14. The normalized spacial score (nSPS) is 17.5. The topological polar surface area (TPSA) is 37.3 Å². The maximum Gasteiger partial charge on any atom is 0.311 e. The van der Waals surface area contributed by atoms with Crippen LogP contribution in [-0.4, -0.2) is 11.1 Å². The van der Waals surface area contributed by atoms with Crippen molar-refractivity contribution in [1.82, 2.24) is 0 Å². The van der Waals surface area contributed by atoms with Gasteiger partial charge in [-0.3, -0.25) is 4.79 Å². The molecule has 15 heavy (non-hydrogen) atoms. The highest BCUT2D eigenvalue weighted by atomic mass is 35.5. The highest BCUT2D eigenvalue weighted by molar-refractivity contribution is 6.30. The van der Waals surface area contributed by atoms with Crippen LogP contribution < -0.4 is 0 Å². The van der Waals surface area contributed by atoms with Crippen molar-refractivity contribution in [2.45, 2.75) is 18.8 Å². The van der Waals surface area contributed by atoms with Gasteiger partial charge in [0, 0.05) is 10.6 Å². The first-order valence-electron chi connectivity index (χ1n) is 4.77. The molecule has 1 atom stereocenters. The summed E-state index contributed by atoms with van der Waals surface area (Å²) in [6, 6.07) is 4.05. The van der Waals surface area contributed by atoms with Crippen molar-refractivity contribution in [2.75, 3.05) is 0 Å². The van der Waals surface area contributed by atoms with E-state index < -0.39 is 17.7 Å². The minimum absolute atomic E-state index is 0.0652. The van der Waals surface area contributed by atoms with Gasteiger partial charge in [0.25, 0.3) is 0 Å². The average molecular weight is 229 g/mol. The minimum atomic E-state index is -0.973. The van der Waals surface area contributed by atoms with E-state index >= 15 is 0 Å². The molecule has 0 aromatic heterocycles. The summed E-state index contributed by atoms with van der Waals surface area (Å²) in [5, 5.41) is 9.42. The molecule has 0 amide bonds. The van der Waals surface area contributed by atoms with Gasteiger partial charge in [-0.1, -0.05) is 11.6 Å². The van der Waals surface area contributed by atoms with Crippen LogP contribution in [0.5, 0.6) is 0 Å². The van der Waals surface area contributed by atoms with Crippen molar-refractivity contribution in [2.24, 2.45) is 5.92 Å². The minimum Gasteiger partial charge on any atom is -0.481 e. The molecule has 1 aliphatic carbocycles. The molecule has 0 bridgehead atoms. The number of halogens is 2. The molecule has 4 heteroatoms. The zero-order chi connectivity index (χ0) is 11.0. The Bertz CT molecular complexity index is 402. The van der Waals surface area contributed by atoms with Crippen LogP contribution in [0.25, 0.3) is 0 Å². The SMILES string of the molecule is O=C(O)C(c1cc(Cl)ccc1F)C1CC1. The molecule has 0 aliphatic heterocycles. The van der Waals surface area contributed by atoms with Crippen LogP contribution >= 0.6 is 11.6 Å². The molecule has 1 fully saturated rings. The van der Waals surface area contributed by atoms with Gasteiger partial charge in [0.05, 0.1) is 5.92 Å². The number of carboxylic acids is 1. The fraction of sp³-hybridized carbons (Fsp3) is 0.364. The Kier molecular flexibility index (Phi) is 2.65. The van der Waals surface area contributed by atoms with E-state index in [1.165, 1.54) is 18.2 Å². The van der Waals surface area contributed by atoms with Crippen LogP contribution in [0.3, 0.4) is 0 Å². The second-order valence-corrected chi connectivity index (χ2v) is 4.26. The molecule has 1 N–H and O–H groups in total. The molecule has 1 aliphatic rings. The standard InChI is InChI=1S/C11H10ClFO2/c12-7-3-4-9(13)8(5-7)10(11(14)15)6-1-2-6/h3-6,10H,1-2H2,(H,14,15). The van der Waals surface area contributed by atoms with Gasteiger partial charge in [0.2, 0.25) is 0 Å². The molecule has 0 spiro atoms. The van der Waals surface area contributed by atoms with E-state index in [0.29, 0.717) is 5.02 Å². The lowest BCUT2D eigenvalue weighted by atomic mass is 9.94. The highest BCUT2D eigenvalue weighted by Crippen LogP contribution is 2.43. The number of carboxylic acid groups (broad SMARTS) is 1. The lowest BCUT2D eigenvalue weighted by Gasteiger charge is -2.12. The number of hydrogen-bond acceptors (Lipinski definition) is 1. The van der Waals surface area contributed by atoms with Crippen molar-refractivity contribution in [3.63, 3.8) is 0 Å². The molecule has 1 saturated carbocycles. The van der Waals surface area contributed by atoms with E-state index in [-0.39, 0.29) is 11.5 Å². The molecule has 1 aromatic rings. The number of benzene rings is 1. The van der Waals surface area contributed by atoms with E-state index in [1.807, 2.05) is 0 Å². The number of aliphatic carboxylic acids is 1. The molecule has 0 radical (unpaired) electrons. The molecule has 0 heterocycles. The fourth-order valence-corrected chi connectivity index (χ4v) is 1.95. The first-order valence-corrected chi connectivity index (χ1v) is 5.15. The summed E-state index contributed by atoms with van der Waals surface area (Å²) in [4.78, 5) is 11.0. The summed E-state index contributed by atoms with van der Waals surface area (Å²) in [6.45, 7) is 0. The Morgan fingerprint density at radius 3 is 2.73 bits per heavy atom. The first-order chi connectivity index (χ1) is 7.09. The van der Waals surface area contributed by atoms with Crippen LogP contribution in [0, 0.1) is 11.7 Å². The summed E-state index contributed by atoms with van der Waals surface area (Å²) in [5.41, 5.74) is 0.206. The van der Waals surface area contributed by atoms with Gasteiger partial charge in [0.1, 0.15) is 5.82 Å². The molecule has 1 aromatic carbocycles. The molecule has 2 rings (SSSR count). The Balaban J connectivity index is 2.40. The van der Waals surface area contributed by atoms with Crippen molar-refractivity contribution in [1.29, 1.82) is 0 Å². The third-order valence-corrected chi connectivity index (χ3v) is 2.89. The van der Waals surface area contributed by atoms with Crippen molar-refractivity contribution < 1.29 is 14.3 Å². The van der Waals surface area contributed by atoms with Gasteiger partial charge in [-0.25, -0.2) is 4.39 Å². The van der Waals surface area contributed by atoms with Gasteiger partial charge in [-0.2, -0.15) is 0 Å². The van der Waals surface area contributed by atoms with Crippen molar-refractivity contribution >= 4 is 17.6 Å². The molecule has 1 unspecified atom stereocenters. The summed E-state index contributed by atoms with van der Waals surface area (Å²) >= 11 is 5.73. The van der Waals surface area contributed by atoms with Gasteiger partial charge < -0.3 is 5.11 Å². The number of rotatable bonds is 3. The average Bonchev–Trinajstić information content (AvgIpc) is 2.95. The fourth-order valence-electron chi connectivity index (χ4n) is 1.77. The highest BCUT2D eigenvalue weighted by Gasteiger charge is 2.38. The van der Waals surface area contributed by atoms with E-state index in [2.05, 4.69) is 0 Å². The van der Waals surface area contributed by atoms with Crippen molar-refractivity contribution in [3.8, 4) is 0 Å². The predicted molar refractivity (Wildman–Crippen MR) is 54.5 cm³/mol. The molecule has 2 nitrogen and oxygen atoms in total. The Morgan fingerprint density at radius 1 is 1.53 bits per heavy atom. The van der Waals surface area contributed by atoms with Crippen LogP contribution in [-0.2, 0) is 4.79 Å². The van der Waals surface area contributed by atoms with E-state index in [1.54, 1.807) is 0 Å². The van der Waals surface area contributed by atoms with Crippen LogP contribution in [0.1, 0.15) is 24.3 Å². The van der Waals surface area contributed by atoms with Crippen molar-refractivity contribution in [3.05, 3.63) is 34.6 Å². The van der Waals surface area contributed by atoms with Crippen LogP contribution in [0.4, 0.5) is 4.39 Å². The molecular formula is C11H10ClFO2. The quantitative estimate of drug-likeness (QED) is 0.863. The third-order valence-electron chi connectivity index (χ3n) is 2.65.